The van der Waals surface area contributed by atoms with Crippen molar-refractivity contribution in [3.63, 3.8) is 0 Å². The fourth-order valence-electron chi connectivity index (χ4n) is 3.11. The predicted molar refractivity (Wildman–Crippen MR) is 121 cm³/mol. The molecular formula is C22H32N2O6S. The number of hydrazone groups is 1. The van der Waals surface area contributed by atoms with E-state index in [0.717, 1.165) is 41.9 Å². The first kappa shape index (κ1) is 25.2. The number of carbonyl (C=O) groups excluding carboxylic acids is 1. The second kappa shape index (κ2) is 12.7. The van der Waals surface area contributed by atoms with Gasteiger partial charge in [0.25, 0.3) is 0 Å². The Balaban J connectivity index is 1.75. The number of amides is 1. The molecule has 1 amide bonds. The Labute approximate surface area is 188 Å². The Kier molecular flexibility index (Phi) is 10.3. The van der Waals surface area contributed by atoms with Crippen LogP contribution in [-0.2, 0) is 25.5 Å². The molecule has 9 heteroatoms. The summed E-state index contributed by atoms with van der Waals surface area (Å²) >= 11 is 4.38. The van der Waals surface area contributed by atoms with E-state index < -0.39 is 5.97 Å². The summed E-state index contributed by atoms with van der Waals surface area (Å²) in [6.45, 7) is 5.54. The molecule has 172 valence electrons. The van der Waals surface area contributed by atoms with Crippen LogP contribution in [0.2, 0.25) is 0 Å². The summed E-state index contributed by atoms with van der Waals surface area (Å²) in [6, 6.07) is 5.89. The summed E-state index contributed by atoms with van der Waals surface area (Å²) in [5.74, 6) is -0.255. The molecule has 1 aromatic carbocycles. The zero-order chi connectivity index (χ0) is 22.7. The second-order valence-corrected chi connectivity index (χ2v) is 9.18. The Bertz CT molecular complexity index is 776. The zero-order valence-electron chi connectivity index (χ0n) is 18.2. The van der Waals surface area contributed by atoms with Crippen molar-refractivity contribution in [2.75, 3.05) is 33.0 Å². The standard InChI is InChI=1S/C22H32N2O6S/c1-22(2,31)15-20(25)24-23-19-5-3-4-16-14-17(6-7-18(16)19)30-13-12-29-11-10-28-9-8-21(26)27/h6-7,14,31H,3-5,8-13,15H2,1-2H3,(H,24,25)(H,26,27). The van der Waals surface area contributed by atoms with Crippen molar-refractivity contribution in [2.24, 2.45) is 5.10 Å². The van der Waals surface area contributed by atoms with E-state index in [4.69, 9.17) is 19.3 Å². The number of hydrogen-bond acceptors (Lipinski definition) is 7. The molecule has 2 rings (SSSR count). The first-order valence-corrected chi connectivity index (χ1v) is 10.9. The van der Waals surface area contributed by atoms with Gasteiger partial charge in [-0.2, -0.15) is 17.7 Å². The molecule has 0 spiro atoms. The molecule has 0 atom stereocenters. The molecular weight excluding hydrogens is 420 g/mol. The van der Waals surface area contributed by atoms with Gasteiger partial charge in [0.2, 0.25) is 5.91 Å². The van der Waals surface area contributed by atoms with Gasteiger partial charge in [-0.1, -0.05) is 13.8 Å². The summed E-state index contributed by atoms with van der Waals surface area (Å²) < 4.78 is 16.0. The minimum Gasteiger partial charge on any atom is -0.491 e. The van der Waals surface area contributed by atoms with Gasteiger partial charge < -0.3 is 19.3 Å². The van der Waals surface area contributed by atoms with Crippen LogP contribution < -0.4 is 10.2 Å². The summed E-state index contributed by atoms with van der Waals surface area (Å²) in [6.07, 6.45) is 3.01. The number of nitrogens with zero attached hydrogens (tertiary/aromatic N) is 1. The van der Waals surface area contributed by atoms with Crippen LogP contribution in [0.15, 0.2) is 23.3 Å². The van der Waals surface area contributed by atoms with E-state index in [1.807, 2.05) is 32.0 Å². The number of benzene rings is 1. The molecule has 1 aliphatic rings. The van der Waals surface area contributed by atoms with E-state index in [2.05, 4.69) is 23.2 Å². The number of carboxylic acid groups (broad SMARTS) is 1. The molecule has 0 heterocycles. The molecule has 0 unspecified atom stereocenters. The summed E-state index contributed by atoms with van der Waals surface area (Å²) in [5.41, 5.74) is 5.72. The Hall–Kier alpha value is -2.10. The van der Waals surface area contributed by atoms with E-state index in [9.17, 15) is 9.59 Å². The number of aryl methyl sites for hydroxylation is 1. The van der Waals surface area contributed by atoms with Crippen LogP contribution in [0.4, 0.5) is 0 Å². The van der Waals surface area contributed by atoms with E-state index >= 15 is 0 Å². The highest BCUT2D eigenvalue weighted by molar-refractivity contribution is 7.81. The SMILES string of the molecule is CC(C)(S)CC(=O)NN=C1CCCc2cc(OCCOCCOCCC(=O)O)ccc21. The highest BCUT2D eigenvalue weighted by atomic mass is 32.1. The summed E-state index contributed by atoms with van der Waals surface area (Å²) in [5, 5.41) is 12.9. The molecule has 0 fully saturated rings. The maximum atomic E-state index is 12.0. The van der Waals surface area contributed by atoms with Gasteiger partial charge in [-0.3, -0.25) is 9.59 Å². The number of fused-ring (bicyclic) bond motifs is 1. The molecule has 0 saturated heterocycles. The number of carbonyl (C=O) groups is 2. The fraction of sp³-hybridized carbons (Fsp3) is 0.591. The Morgan fingerprint density at radius 1 is 1.13 bits per heavy atom. The smallest absolute Gasteiger partial charge is 0.305 e. The number of rotatable bonds is 13. The number of ether oxygens (including phenoxy) is 3. The summed E-state index contributed by atoms with van der Waals surface area (Å²) in [4.78, 5) is 22.4. The zero-order valence-corrected chi connectivity index (χ0v) is 19.1. The highest BCUT2D eigenvalue weighted by Gasteiger charge is 2.19. The molecule has 31 heavy (non-hydrogen) atoms. The molecule has 2 N–H and O–H groups in total. The van der Waals surface area contributed by atoms with Crippen molar-refractivity contribution in [2.45, 2.75) is 50.7 Å². The predicted octanol–water partition coefficient (Wildman–Crippen LogP) is 2.83. The van der Waals surface area contributed by atoms with Gasteiger partial charge in [0.15, 0.2) is 0 Å². The maximum Gasteiger partial charge on any atom is 0.305 e. The van der Waals surface area contributed by atoms with Gasteiger partial charge in [0, 0.05) is 16.7 Å². The third-order valence-electron chi connectivity index (χ3n) is 4.48. The van der Waals surface area contributed by atoms with E-state index in [1.54, 1.807) is 0 Å². The molecule has 8 nitrogen and oxygen atoms in total. The average Bonchev–Trinajstić information content (AvgIpc) is 2.69. The molecule has 1 aliphatic carbocycles. The largest absolute Gasteiger partial charge is 0.491 e. The van der Waals surface area contributed by atoms with Crippen molar-refractivity contribution in [1.82, 2.24) is 5.43 Å². The number of nitrogens with one attached hydrogen (secondary N) is 1. The number of thiol groups is 1. The van der Waals surface area contributed by atoms with Crippen LogP contribution in [0.5, 0.6) is 5.75 Å². The molecule has 0 bridgehead atoms. The lowest BCUT2D eigenvalue weighted by Crippen LogP contribution is -2.27. The minimum atomic E-state index is -0.875. The first-order valence-electron chi connectivity index (χ1n) is 10.5. The monoisotopic (exact) mass is 452 g/mol. The van der Waals surface area contributed by atoms with Crippen molar-refractivity contribution in [3.05, 3.63) is 29.3 Å². The Morgan fingerprint density at radius 2 is 1.84 bits per heavy atom. The van der Waals surface area contributed by atoms with Crippen molar-refractivity contribution in [1.29, 1.82) is 0 Å². The average molecular weight is 453 g/mol. The van der Waals surface area contributed by atoms with Gasteiger partial charge in [-0.25, -0.2) is 5.43 Å². The molecule has 0 aromatic heterocycles. The van der Waals surface area contributed by atoms with Gasteiger partial charge in [0.1, 0.15) is 12.4 Å². The molecule has 0 saturated carbocycles. The van der Waals surface area contributed by atoms with Crippen LogP contribution in [0.1, 0.15) is 50.7 Å². The van der Waals surface area contributed by atoms with Crippen LogP contribution in [0.25, 0.3) is 0 Å². The van der Waals surface area contributed by atoms with Crippen LogP contribution in [0, 0.1) is 0 Å². The van der Waals surface area contributed by atoms with E-state index in [-0.39, 0.29) is 23.7 Å². The fourth-order valence-corrected chi connectivity index (χ4v) is 3.25. The van der Waals surface area contributed by atoms with Crippen molar-refractivity contribution < 1.29 is 28.9 Å². The van der Waals surface area contributed by atoms with Gasteiger partial charge in [-0.15, -0.1) is 0 Å². The highest BCUT2D eigenvalue weighted by Crippen LogP contribution is 2.26. The van der Waals surface area contributed by atoms with Crippen molar-refractivity contribution >= 4 is 30.2 Å². The molecule has 0 radical (unpaired) electrons. The lowest BCUT2D eigenvalue weighted by molar-refractivity contribution is -0.138. The van der Waals surface area contributed by atoms with Gasteiger partial charge in [0.05, 0.1) is 38.6 Å². The molecule has 0 aliphatic heterocycles. The third kappa shape index (κ3) is 10.2. The topological polar surface area (TPSA) is 106 Å². The first-order chi connectivity index (χ1) is 14.7. The lowest BCUT2D eigenvalue weighted by Gasteiger charge is -2.20. The minimum absolute atomic E-state index is 0.00588. The maximum absolute atomic E-state index is 12.0. The van der Waals surface area contributed by atoms with Crippen LogP contribution in [0.3, 0.4) is 0 Å². The third-order valence-corrected chi connectivity index (χ3v) is 4.64. The normalized spacial score (nSPS) is 14.9. The van der Waals surface area contributed by atoms with Gasteiger partial charge >= 0.3 is 5.97 Å². The summed E-state index contributed by atoms with van der Waals surface area (Å²) in [7, 11) is 0. The van der Waals surface area contributed by atoms with E-state index in [1.165, 1.54) is 0 Å². The number of carboxylic acids is 1. The number of aliphatic carboxylic acids is 1. The number of hydrogen-bond donors (Lipinski definition) is 3. The lowest BCUT2D eigenvalue weighted by atomic mass is 9.90. The molecule has 1 aromatic rings. The Morgan fingerprint density at radius 3 is 2.55 bits per heavy atom. The van der Waals surface area contributed by atoms with Gasteiger partial charge in [-0.05, 0) is 43.0 Å². The quantitative estimate of drug-likeness (QED) is 0.241. The van der Waals surface area contributed by atoms with E-state index in [0.29, 0.717) is 32.8 Å². The van der Waals surface area contributed by atoms with Crippen molar-refractivity contribution in [3.8, 4) is 5.75 Å². The van der Waals surface area contributed by atoms with Crippen LogP contribution >= 0.6 is 12.6 Å². The van der Waals surface area contributed by atoms with Crippen LogP contribution in [-0.4, -0.2) is 60.5 Å². The second-order valence-electron chi connectivity index (χ2n) is 7.97.